The lowest BCUT2D eigenvalue weighted by atomic mass is 9.66. The lowest BCUT2D eigenvalue weighted by Crippen LogP contribution is -2.47. The van der Waals surface area contributed by atoms with Crippen LogP contribution in [0.1, 0.15) is 52.0 Å². The smallest absolute Gasteiger partial charge is 0.307 e. The van der Waals surface area contributed by atoms with E-state index < -0.39 is 0 Å². The fraction of sp³-hybridized carbons (Fsp3) is 0.667. The minimum atomic E-state index is -0.209. The van der Waals surface area contributed by atoms with E-state index in [0.717, 1.165) is 25.8 Å². The largest absolute Gasteiger partial charge is 0.461 e. The van der Waals surface area contributed by atoms with E-state index in [1.165, 1.54) is 5.56 Å². The summed E-state index contributed by atoms with van der Waals surface area (Å²) >= 11 is 0. The van der Waals surface area contributed by atoms with Gasteiger partial charge in [0, 0.05) is 18.6 Å². The number of ether oxygens (including phenoxy) is 2. The first-order valence-electron chi connectivity index (χ1n) is 9.32. The Hall–Kier alpha value is -1.39. The van der Waals surface area contributed by atoms with Crippen LogP contribution in [0.2, 0.25) is 0 Å². The third-order valence-electron chi connectivity index (χ3n) is 5.32. The van der Waals surface area contributed by atoms with Gasteiger partial charge in [-0.25, -0.2) is 0 Å². The number of rotatable bonds is 7. The van der Waals surface area contributed by atoms with Gasteiger partial charge >= 0.3 is 5.97 Å². The van der Waals surface area contributed by atoms with Crippen LogP contribution in [-0.4, -0.2) is 49.8 Å². The van der Waals surface area contributed by atoms with Gasteiger partial charge in [0.2, 0.25) is 0 Å². The SMILES string of the molecule is CC[C@@]1(C)C[C@](CC(=O)O[C@@H](C)CN(C)C)(c2ccccc2)CCO1. The molecule has 0 N–H and O–H groups in total. The molecule has 0 saturated carbocycles. The molecule has 0 amide bonds. The third kappa shape index (κ3) is 5.29. The maximum absolute atomic E-state index is 12.7. The van der Waals surface area contributed by atoms with Crippen LogP contribution in [0.4, 0.5) is 0 Å². The van der Waals surface area contributed by atoms with Crippen molar-refractivity contribution in [1.29, 1.82) is 0 Å². The Bertz CT molecular complexity index is 560. The molecule has 0 spiro atoms. The molecule has 1 aliphatic heterocycles. The summed E-state index contributed by atoms with van der Waals surface area (Å²) in [5.41, 5.74) is 0.818. The zero-order valence-electron chi connectivity index (χ0n) is 16.4. The summed E-state index contributed by atoms with van der Waals surface area (Å²) in [7, 11) is 3.97. The summed E-state index contributed by atoms with van der Waals surface area (Å²) in [4.78, 5) is 14.7. The second-order valence-electron chi connectivity index (χ2n) is 7.96. The molecule has 1 aliphatic rings. The highest BCUT2D eigenvalue weighted by atomic mass is 16.5. The van der Waals surface area contributed by atoms with Crippen molar-refractivity contribution in [2.45, 2.75) is 63.6 Å². The van der Waals surface area contributed by atoms with Gasteiger partial charge in [0.25, 0.3) is 0 Å². The maximum Gasteiger partial charge on any atom is 0.307 e. The molecule has 140 valence electrons. The Morgan fingerprint density at radius 2 is 2.00 bits per heavy atom. The highest BCUT2D eigenvalue weighted by Crippen LogP contribution is 2.45. The van der Waals surface area contributed by atoms with Gasteiger partial charge in [0.15, 0.2) is 0 Å². The average Bonchev–Trinajstić information content (AvgIpc) is 2.54. The van der Waals surface area contributed by atoms with Gasteiger partial charge in [-0.2, -0.15) is 0 Å². The molecule has 1 saturated heterocycles. The molecule has 2 rings (SSSR count). The first-order valence-corrected chi connectivity index (χ1v) is 9.32. The zero-order chi connectivity index (χ0) is 18.5. The molecule has 1 aromatic rings. The van der Waals surface area contributed by atoms with Gasteiger partial charge < -0.3 is 14.4 Å². The lowest BCUT2D eigenvalue weighted by molar-refractivity contribution is -0.154. The summed E-state index contributed by atoms with van der Waals surface area (Å²) in [5.74, 6) is -0.112. The molecule has 0 bridgehead atoms. The fourth-order valence-electron chi connectivity index (χ4n) is 3.96. The summed E-state index contributed by atoms with van der Waals surface area (Å²) in [5, 5.41) is 0. The topological polar surface area (TPSA) is 38.8 Å². The minimum Gasteiger partial charge on any atom is -0.461 e. The Labute approximate surface area is 152 Å². The van der Waals surface area contributed by atoms with Crippen LogP contribution in [0.25, 0.3) is 0 Å². The fourth-order valence-corrected chi connectivity index (χ4v) is 3.96. The standard InChI is InChI=1S/C21H33NO3/c1-6-20(3)16-21(12-13-24-20,18-10-8-7-9-11-18)14-19(23)25-17(2)15-22(4)5/h7-11,17H,6,12-16H2,1-5H3/t17-,20-,21-/m0/s1. The lowest BCUT2D eigenvalue weighted by Gasteiger charge is -2.46. The molecule has 25 heavy (non-hydrogen) atoms. The number of esters is 1. The van der Waals surface area contributed by atoms with Gasteiger partial charge in [-0.3, -0.25) is 4.79 Å². The Morgan fingerprint density at radius 3 is 2.60 bits per heavy atom. The van der Waals surface area contributed by atoms with E-state index in [9.17, 15) is 4.79 Å². The normalized spacial score (nSPS) is 27.9. The number of benzene rings is 1. The van der Waals surface area contributed by atoms with Crippen LogP contribution in [0, 0.1) is 0 Å². The average molecular weight is 347 g/mol. The van der Waals surface area contributed by atoms with Crippen molar-refractivity contribution in [2.75, 3.05) is 27.2 Å². The molecule has 4 nitrogen and oxygen atoms in total. The zero-order valence-corrected chi connectivity index (χ0v) is 16.4. The van der Waals surface area contributed by atoms with E-state index in [-0.39, 0.29) is 23.1 Å². The Morgan fingerprint density at radius 1 is 1.32 bits per heavy atom. The Kier molecular flexibility index (Phi) is 6.64. The van der Waals surface area contributed by atoms with E-state index in [2.05, 4.69) is 38.1 Å². The van der Waals surface area contributed by atoms with E-state index >= 15 is 0 Å². The summed E-state index contributed by atoms with van der Waals surface area (Å²) in [6, 6.07) is 10.4. The number of nitrogens with zero attached hydrogens (tertiary/aromatic N) is 1. The molecule has 0 radical (unpaired) electrons. The van der Waals surface area contributed by atoms with Crippen LogP contribution >= 0.6 is 0 Å². The molecule has 4 heteroatoms. The van der Waals surface area contributed by atoms with Crippen molar-refractivity contribution in [3.63, 3.8) is 0 Å². The molecule has 1 aromatic carbocycles. The molecular weight excluding hydrogens is 314 g/mol. The molecule has 1 heterocycles. The summed E-state index contributed by atoms with van der Waals surface area (Å²) < 4.78 is 11.7. The second kappa shape index (κ2) is 8.33. The number of carbonyl (C=O) groups is 1. The molecule has 3 atom stereocenters. The van der Waals surface area contributed by atoms with Crippen LogP contribution in [0.3, 0.4) is 0 Å². The summed E-state index contributed by atoms with van der Waals surface area (Å²) in [6.45, 7) is 7.68. The van der Waals surface area contributed by atoms with Crippen molar-refractivity contribution < 1.29 is 14.3 Å². The van der Waals surface area contributed by atoms with Crippen molar-refractivity contribution in [3.05, 3.63) is 35.9 Å². The summed E-state index contributed by atoms with van der Waals surface area (Å²) in [6.07, 6.45) is 2.94. The predicted octanol–water partition coefficient (Wildman–Crippen LogP) is 3.79. The Balaban J connectivity index is 2.20. The maximum atomic E-state index is 12.7. The second-order valence-corrected chi connectivity index (χ2v) is 7.96. The predicted molar refractivity (Wildman–Crippen MR) is 101 cm³/mol. The first kappa shape index (κ1) is 19.9. The quantitative estimate of drug-likeness (QED) is 0.704. The molecule has 0 aliphatic carbocycles. The molecule has 0 aromatic heterocycles. The van der Waals surface area contributed by atoms with Crippen molar-refractivity contribution >= 4 is 5.97 Å². The molecule has 1 fully saturated rings. The van der Waals surface area contributed by atoms with Crippen LogP contribution < -0.4 is 0 Å². The molecule has 0 unspecified atom stereocenters. The third-order valence-corrected chi connectivity index (χ3v) is 5.32. The number of carbonyl (C=O) groups excluding carboxylic acids is 1. The first-order chi connectivity index (χ1) is 11.8. The van der Waals surface area contributed by atoms with E-state index in [1.54, 1.807) is 0 Å². The van der Waals surface area contributed by atoms with E-state index in [4.69, 9.17) is 9.47 Å². The van der Waals surface area contributed by atoms with Crippen molar-refractivity contribution in [3.8, 4) is 0 Å². The van der Waals surface area contributed by atoms with E-state index in [1.807, 2.05) is 32.0 Å². The van der Waals surface area contributed by atoms with Gasteiger partial charge in [-0.15, -0.1) is 0 Å². The number of hydrogen-bond acceptors (Lipinski definition) is 4. The van der Waals surface area contributed by atoms with Gasteiger partial charge in [-0.05, 0) is 52.8 Å². The van der Waals surface area contributed by atoms with Crippen LogP contribution in [0.15, 0.2) is 30.3 Å². The molecular formula is C21H33NO3. The van der Waals surface area contributed by atoms with Crippen molar-refractivity contribution in [2.24, 2.45) is 0 Å². The monoisotopic (exact) mass is 347 g/mol. The van der Waals surface area contributed by atoms with E-state index in [0.29, 0.717) is 13.0 Å². The van der Waals surface area contributed by atoms with Gasteiger partial charge in [0.05, 0.1) is 12.0 Å². The van der Waals surface area contributed by atoms with Crippen molar-refractivity contribution in [1.82, 2.24) is 4.90 Å². The highest BCUT2D eigenvalue weighted by molar-refractivity contribution is 5.72. The minimum absolute atomic E-state index is 0.104. The van der Waals surface area contributed by atoms with Crippen LogP contribution in [0.5, 0.6) is 0 Å². The van der Waals surface area contributed by atoms with Gasteiger partial charge in [0.1, 0.15) is 6.10 Å². The highest BCUT2D eigenvalue weighted by Gasteiger charge is 2.45. The van der Waals surface area contributed by atoms with Gasteiger partial charge in [-0.1, -0.05) is 37.3 Å². The van der Waals surface area contributed by atoms with Crippen LogP contribution in [-0.2, 0) is 19.7 Å². The number of likely N-dealkylation sites (N-methyl/N-ethyl adjacent to an activating group) is 1. The number of hydrogen-bond donors (Lipinski definition) is 0.